The number of benzene rings is 2. The molecule has 1 heterocycles. The number of methoxy groups -OCH3 is 1. The minimum atomic E-state index is -0.128. The van der Waals surface area contributed by atoms with Gasteiger partial charge in [0.15, 0.2) is 5.16 Å². The molecule has 0 unspecified atom stereocenters. The number of ether oxygens (including phenoxy) is 1. The zero-order valence-electron chi connectivity index (χ0n) is 18.0. The van der Waals surface area contributed by atoms with E-state index in [1.807, 2.05) is 55.3 Å². The van der Waals surface area contributed by atoms with Crippen LogP contribution in [0.25, 0.3) is 0 Å². The number of imidazole rings is 1. The predicted molar refractivity (Wildman–Crippen MR) is 122 cm³/mol. The van der Waals surface area contributed by atoms with Gasteiger partial charge in [-0.2, -0.15) is 0 Å². The van der Waals surface area contributed by atoms with Crippen LogP contribution in [-0.2, 0) is 16.1 Å². The zero-order chi connectivity index (χ0) is 21.5. The first kappa shape index (κ1) is 22.1. The summed E-state index contributed by atoms with van der Waals surface area (Å²) in [7, 11) is 3.57. The second-order valence-corrected chi connectivity index (χ2v) is 8.17. The first-order chi connectivity index (χ1) is 14.5. The van der Waals surface area contributed by atoms with Crippen LogP contribution in [0.5, 0.6) is 0 Å². The molecule has 0 saturated heterocycles. The van der Waals surface area contributed by atoms with Crippen molar-refractivity contribution in [3.63, 3.8) is 0 Å². The molecule has 0 atom stereocenters. The molecule has 0 spiro atoms. The van der Waals surface area contributed by atoms with Gasteiger partial charge in [0.1, 0.15) is 0 Å². The molecule has 3 aromatic rings. The summed E-state index contributed by atoms with van der Waals surface area (Å²) in [6.07, 6.45) is 0. The number of carbonyl (C=O) groups excluding carboxylic acids is 1. The van der Waals surface area contributed by atoms with Crippen LogP contribution in [0, 0.1) is 13.8 Å². The molecule has 5 nitrogen and oxygen atoms in total. The maximum Gasteiger partial charge on any atom is 0.233 e. The average Bonchev–Trinajstić information content (AvgIpc) is 3.05. The van der Waals surface area contributed by atoms with Crippen molar-refractivity contribution in [3.05, 3.63) is 83.2 Å². The third-order valence-electron chi connectivity index (χ3n) is 5.28. The quantitative estimate of drug-likeness (QED) is 0.476. The normalized spacial score (nSPS) is 11.1. The molecule has 30 heavy (non-hydrogen) atoms. The molecular weight excluding hydrogens is 394 g/mol. The Bertz CT molecular complexity index is 918. The Morgan fingerprint density at radius 2 is 1.63 bits per heavy atom. The highest BCUT2D eigenvalue weighted by Crippen LogP contribution is 2.29. The molecule has 0 fully saturated rings. The molecule has 0 saturated carbocycles. The Hall–Kier alpha value is -2.57. The van der Waals surface area contributed by atoms with Crippen molar-refractivity contribution in [1.29, 1.82) is 0 Å². The Morgan fingerprint density at radius 3 is 2.17 bits per heavy atom. The Morgan fingerprint density at radius 1 is 1.07 bits per heavy atom. The maximum absolute atomic E-state index is 13.2. The summed E-state index contributed by atoms with van der Waals surface area (Å²) < 4.78 is 7.35. The van der Waals surface area contributed by atoms with Gasteiger partial charge in [0.05, 0.1) is 24.1 Å². The third-order valence-corrected chi connectivity index (χ3v) is 6.24. The molecule has 0 bridgehead atoms. The van der Waals surface area contributed by atoms with Gasteiger partial charge in [-0.15, -0.1) is 0 Å². The van der Waals surface area contributed by atoms with Gasteiger partial charge in [0, 0.05) is 26.4 Å². The summed E-state index contributed by atoms with van der Waals surface area (Å²) in [4.78, 5) is 19.7. The van der Waals surface area contributed by atoms with Gasteiger partial charge < -0.3 is 14.2 Å². The maximum atomic E-state index is 13.2. The Kier molecular flexibility index (Phi) is 7.71. The smallest absolute Gasteiger partial charge is 0.233 e. The lowest BCUT2D eigenvalue weighted by Gasteiger charge is -2.29. The summed E-state index contributed by atoms with van der Waals surface area (Å²) in [6, 6.07) is 20.2. The van der Waals surface area contributed by atoms with Crippen LogP contribution in [0.1, 0.15) is 28.6 Å². The topological polar surface area (TPSA) is 47.4 Å². The third kappa shape index (κ3) is 5.12. The molecule has 3 rings (SSSR count). The SMILES string of the molecule is COCCn1c(SCC(=O)N(C)C(c2ccccc2)c2ccccc2)nc(C)c1C. The number of rotatable bonds is 9. The summed E-state index contributed by atoms with van der Waals surface area (Å²) in [6.45, 7) is 5.39. The van der Waals surface area contributed by atoms with Crippen LogP contribution < -0.4 is 0 Å². The van der Waals surface area contributed by atoms with Crippen molar-refractivity contribution in [2.45, 2.75) is 31.6 Å². The van der Waals surface area contributed by atoms with Crippen LogP contribution in [-0.4, -0.2) is 46.9 Å². The van der Waals surface area contributed by atoms with Crippen LogP contribution in [0.4, 0.5) is 0 Å². The molecule has 0 aliphatic carbocycles. The lowest BCUT2D eigenvalue weighted by molar-refractivity contribution is -0.128. The second-order valence-electron chi connectivity index (χ2n) is 7.23. The van der Waals surface area contributed by atoms with E-state index in [1.54, 1.807) is 7.11 Å². The fourth-order valence-electron chi connectivity index (χ4n) is 3.46. The molecule has 0 aliphatic rings. The van der Waals surface area contributed by atoms with Crippen LogP contribution >= 0.6 is 11.8 Å². The van der Waals surface area contributed by atoms with Crippen molar-refractivity contribution in [2.75, 3.05) is 26.5 Å². The number of carbonyl (C=O) groups is 1. The first-order valence-electron chi connectivity index (χ1n) is 10.0. The zero-order valence-corrected chi connectivity index (χ0v) is 18.9. The molecule has 0 aliphatic heterocycles. The number of hydrogen-bond acceptors (Lipinski definition) is 4. The van der Waals surface area contributed by atoms with Crippen molar-refractivity contribution in [2.24, 2.45) is 0 Å². The van der Waals surface area contributed by atoms with Gasteiger partial charge in [0.25, 0.3) is 0 Å². The van der Waals surface area contributed by atoms with E-state index in [0.717, 1.165) is 34.2 Å². The number of thioether (sulfide) groups is 1. The largest absolute Gasteiger partial charge is 0.383 e. The predicted octanol–water partition coefficient (Wildman–Crippen LogP) is 4.49. The van der Waals surface area contributed by atoms with Crippen LogP contribution in [0.2, 0.25) is 0 Å². The highest BCUT2D eigenvalue weighted by molar-refractivity contribution is 7.99. The molecule has 0 N–H and O–H groups in total. The Balaban J connectivity index is 1.78. The minimum absolute atomic E-state index is 0.0642. The van der Waals surface area contributed by atoms with Gasteiger partial charge in [-0.25, -0.2) is 4.98 Å². The molecule has 2 aromatic carbocycles. The van der Waals surface area contributed by atoms with Gasteiger partial charge >= 0.3 is 0 Å². The molecule has 1 aromatic heterocycles. The van der Waals surface area contributed by atoms with Crippen molar-refractivity contribution < 1.29 is 9.53 Å². The number of hydrogen-bond donors (Lipinski definition) is 0. The number of amides is 1. The van der Waals surface area contributed by atoms with Crippen LogP contribution in [0.15, 0.2) is 65.8 Å². The van der Waals surface area contributed by atoms with Gasteiger partial charge in [-0.3, -0.25) is 4.79 Å². The fraction of sp³-hybridized carbons (Fsp3) is 0.333. The number of nitrogens with zero attached hydrogens (tertiary/aromatic N) is 3. The highest BCUT2D eigenvalue weighted by atomic mass is 32.2. The molecule has 0 radical (unpaired) electrons. The van der Waals surface area contributed by atoms with Crippen molar-refractivity contribution in [1.82, 2.24) is 14.5 Å². The lowest BCUT2D eigenvalue weighted by Crippen LogP contribution is -2.33. The van der Waals surface area contributed by atoms with E-state index in [0.29, 0.717) is 12.4 Å². The Labute approximate surface area is 183 Å². The van der Waals surface area contributed by atoms with Crippen molar-refractivity contribution in [3.8, 4) is 0 Å². The van der Waals surface area contributed by atoms with Gasteiger partial charge in [-0.1, -0.05) is 72.4 Å². The van der Waals surface area contributed by atoms with Crippen molar-refractivity contribution >= 4 is 17.7 Å². The fourth-order valence-corrected chi connectivity index (χ4v) is 4.50. The van der Waals surface area contributed by atoms with E-state index in [4.69, 9.17) is 4.74 Å². The molecular formula is C24H29N3O2S. The minimum Gasteiger partial charge on any atom is -0.383 e. The lowest BCUT2D eigenvalue weighted by atomic mass is 9.97. The van der Waals surface area contributed by atoms with Gasteiger partial charge in [-0.05, 0) is 25.0 Å². The van der Waals surface area contributed by atoms with E-state index in [9.17, 15) is 4.79 Å². The second kappa shape index (κ2) is 10.5. The van der Waals surface area contributed by atoms with Crippen LogP contribution in [0.3, 0.4) is 0 Å². The number of aromatic nitrogens is 2. The average molecular weight is 424 g/mol. The standard InChI is InChI=1S/C24H29N3O2S/c1-18-19(2)27(15-16-29-4)24(25-18)30-17-22(28)26(3)23(20-11-7-5-8-12-20)21-13-9-6-10-14-21/h5-14,23H,15-17H2,1-4H3. The van der Waals surface area contributed by atoms with E-state index >= 15 is 0 Å². The van der Waals surface area contributed by atoms with Gasteiger partial charge in [0.2, 0.25) is 5.91 Å². The molecule has 1 amide bonds. The summed E-state index contributed by atoms with van der Waals surface area (Å²) >= 11 is 1.48. The summed E-state index contributed by atoms with van der Waals surface area (Å²) in [5.41, 5.74) is 4.29. The molecule has 158 valence electrons. The highest BCUT2D eigenvalue weighted by Gasteiger charge is 2.24. The summed E-state index contributed by atoms with van der Waals surface area (Å²) in [5, 5.41) is 0.861. The first-order valence-corrected chi connectivity index (χ1v) is 11.0. The monoisotopic (exact) mass is 423 g/mol. The summed E-state index contributed by atoms with van der Waals surface area (Å²) in [5.74, 6) is 0.393. The van der Waals surface area contributed by atoms with E-state index in [1.165, 1.54) is 11.8 Å². The van der Waals surface area contributed by atoms with E-state index < -0.39 is 0 Å². The molecule has 6 heteroatoms. The van der Waals surface area contributed by atoms with E-state index in [-0.39, 0.29) is 11.9 Å². The van der Waals surface area contributed by atoms with E-state index in [2.05, 4.69) is 40.7 Å². The number of aryl methyl sites for hydroxylation is 1.